The molecular formula is C18H25ClN4O3S. The minimum Gasteiger partial charge on any atom is -0.495 e. The fraction of sp³-hybridized carbons (Fsp3) is 0.333. The Morgan fingerprint density at radius 3 is 2.67 bits per heavy atom. The Balaban J connectivity index is 0.00000261. The molecule has 148 valence electrons. The first-order valence-corrected chi connectivity index (χ1v) is 9.93. The summed E-state index contributed by atoms with van der Waals surface area (Å²) in [6, 6.07) is 12.1. The van der Waals surface area contributed by atoms with Crippen molar-refractivity contribution in [3.63, 3.8) is 0 Å². The minimum atomic E-state index is -3.77. The highest BCUT2D eigenvalue weighted by Crippen LogP contribution is 2.30. The number of anilines is 3. The quantitative estimate of drug-likeness (QED) is 0.652. The number of nitrogens with zero attached hydrogens (tertiary/aromatic N) is 1. The molecule has 1 unspecified atom stereocenters. The molecule has 1 aliphatic rings. The number of nitrogens with one attached hydrogen (secondary N) is 2. The van der Waals surface area contributed by atoms with Gasteiger partial charge >= 0.3 is 0 Å². The van der Waals surface area contributed by atoms with Crippen LogP contribution in [-0.4, -0.2) is 41.2 Å². The molecule has 1 aliphatic heterocycles. The SMILES string of the molecule is COc1ccccc1NS(=O)(=O)c1ccc(N2CCNC(C)C2)c(N)c1.Cl. The summed E-state index contributed by atoms with van der Waals surface area (Å²) in [6.45, 7) is 4.64. The molecule has 9 heteroatoms. The van der Waals surface area contributed by atoms with E-state index in [-0.39, 0.29) is 17.3 Å². The summed E-state index contributed by atoms with van der Waals surface area (Å²) in [6.07, 6.45) is 0. The maximum Gasteiger partial charge on any atom is 0.262 e. The second-order valence-corrected chi connectivity index (χ2v) is 8.01. The number of para-hydroxylation sites is 2. The molecule has 0 saturated carbocycles. The lowest BCUT2D eigenvalue weighted by atomic mass is 10.2. The van der Waals surface area contributed by atoms with Crippen molar-refractivity contribution in [1.29, 1.82) is 0 Å². The van der Waals surface area contributed by atoms with E-state index < -0.39 is 10.0 Å². The topological polar surface area (TPSA) is 96.7 Å². The molecule has 0 aromatic heterocycles. The van der Waals surface area contributed by atoms with Crippen LogP contribution in [0.25, 0.3) is 0 Å². The van der Waals surface area contributed by atoms with Crippen LogP contribution in [0.3, 0.4) is 0 Å². The van der Waals surface area contributed by atoms with Crippen LogP contribution < -0.4 is 25.4 Å². The molecular weight excluding hydrogens is 388 g/mol. The van der Waals surface area contributed by atoms with Crippen LogP contribution in [0.2, 0.25) is 0 Å². The van der Waals surface area contributed by atoms with Gasteiger partial charge < -0.3 is 20.7 Å². The third-order valence-corrected chi connectivity index (χ3v) is 5.73. The van der Waals surface area contributed by atoms with Gasteiger partial charge in [-0.25, -0.2) is 8.42 Å². The highest BCUT2D eigenvalue weighted by atomic mass is 35.5. The van der Waals surface area contributed by atoms with E-state index in [1.165, 1.54) is 13.2 Å². The standard InChI is InChI=1S/C18H24N4O3S.ClH/c1-13-12-22(10-9-20-13)17-8-7-14(11-15(17)19)26(23,24)21-16-5-3-4-6-18(16)25-2;/h3-8,11,13,20-21H,9-10,12,19H2,1-2H3;1H. The first kappa shape index (κ1) is 21.1. The van der Waals surface area contributed by atoms with Crippen molar-refractivity contribution in [3.05, 3.63) is 42.5 Å². The number of nitrogen functional groups attached to an aromatic ring is 1. The van der Waals surface area contributed by atoms with E-state index in [9.17, 15) is 8.42 Å². The monoisotopic (exact) mass is 412 g/mol. The summed E-state index contributed by atoms with van der Waals surface area (Å²) in [5, 5.41) is 3.37. The van der Waals surface area contributed by atoms with Crippen LogP contribution in [0, 0.1) is 0 Å². The van der Waals surface area contributed by atoms with Crippen LogP contribution in [0.1, 0.15) is 6.92 Å². The molecule has 1 fully saturated rings. The van der Waals surface area contributed by atoms with Crippen molar-refractivity contribution in [2.75, 3.05) is 42.1 Å². The van der Waals surface area contributed by atoms with E-state index in [2.05, 4.69) is 21.9 Å². The van der Waals surface area contributed by atoms with Gasteiger partial charge in [0.25, 0.3) is 10.0 Å². The number of nitrogens with two attached hydrogens (primary N) is 1. The second-order valence-electron chi connectivity index (χ2n) is 6.33. The first-order chi connectivity index (χ1) is 12.4. The molecule has 3 rings (SSSR count). The summed E-state index contributed by atoms with van der Waals surface area (Å²) in [7, 11) is -2.27. The normalized spacial score (nSPS) is 17.1. The number of methoxy groups -OCH3 is 1. The largest absolute Gasteiger partial charge is 0.495 e. The van der Waals surface area contributed by atoms with Gasteiger partial charge in [-0.3, -0.25) is 4.72 Å². The van der Waals surface area contributed by atoms with E-state index in [0.717, 1.165) is 25.3 Å². The van der Waals surface area contributed by atoms with Crippen molar-refractivity contribution < 1.29 is 13.2 Å². The number of rotatable bonds is 5. The number of ether oxygens (including phenoxy) is 1. The van der Waals surface area contributed by atoms with Crippen molar-refractivity contribution in [2.45, 2.75) is 17.9 Å². The minimum absolute atomic E-state index is 0. The lowest BCUT2D eigenvalue weighted by Gasteiger charge is -2.34. The lowest BCUT2D eigenvalue weighted by Crippen LogP contribution is -2.49. The van der Waals surface area contributed by atoms with Crippen LogP contribution in [0.5, 0.6) is 5.75 Å². The zero-order valence-electron chi connectivity index (χ0n) is 15.3. The smallest absolute Gasteiger partial charge is 0.262 e. The van der Waals surface area contributed by atoms with Gasteiger partial charge in [0, 0.05) is 25.7 Å². The Kier molecular flexibility index (Phi) is 6.80. The van der Waals surface area contributed by atoms with Crippen molar-refractivity contribution in [1.82, 2.24) is 5.32 Å². The number of halogens is 1. The fourth-order valence-electron chi connectivity index (χ4n) is 3.07. The molecule has 0 bridgehead atoms. The van der Waals surface area contributed by atoms with E-state index in [1.54, 1.807) is 36.4 Å². The summed E-state index contributed by atoms with van der Waals surface area (Å²) in [5.41, 5.74) is 7.85. The van der Waals surface area contributed by atoms with Gasteiger partial charge in [0.2, 0.25) is 0 Å². The number of hydrogen-bond donors (Lipinski definition) is 3. The lowest BCUT2D eigenvalue weighted by molar-refractivity contribution is 0.417. The Hall–Kier alpha value is -2.16. The maximum absolute atomic E-state index is 12.7. The summed E-state index contributed by atoms with van der Waals surface area (Å²) in [5.74, 6) is 0.454. The Morgan fingerprint density at radius 1 is 1.26 bits per heavy atom. The van der Waals surface area contributed by atoms with Crippen molar-refractivity contribution in [3.8, 4) is 5.75 Å². The Labute approximate surface area is 166 Å². The average Bonchev–Trinajstić information content (AvgIpc) is 2.61. The molecule has 4 N–H and O–H groups in total. The predicted molar refractivity (Wildman–Crippen MR) is 112 cm³/mol. The molecule has 0 spiro atoms. The third-order valence-electron chi connectivity index (χ3n) is 4.37. The number of hydrogen-bond acceptors (Lipinski definition) is 6. The average molecular weight is 413 g/mol. The number of sulfonamides is 1. The highest BCUT2D eigenvalue weighted by Gasteiger charge is 2.21. The molecule has 2 aromatic carbocycles. The third kappa shape index (κ3) is 4.77. The van der Waals surface area contributed by atoms with Gasteiger partial charge in [0.1, 0.15) is 5.75 Å². The molecule has 1 saturated heterocycles. The molecule has 2 aromatic rings. The van der Waals surface area contributed by atoms with Gasteiger partial charge in [-0.15, -0.1) is 12.4 Å². The zero-order chi connectivity index (χ0) is 18.7. The molecule has 1 atom stereocenters. The van der Waals surface area contributed by atoms with Gasteiger partial charge in [0.15, 0.2) is 0 Å². The molecule has 7 nitrogen and oxygen atoms in total. The molecule has 0 aliphatic carbocycles. The van der Waals surface area contributed by atoms with E-state index in [4.69, 9.17) is 10.5 Å². The number of piperazine rings is 1. The molecule has 0 radical (unpaired) electrons. The first-order valence-electron chi connectivity index (χ1n) is 8.44. The Bertz CT molecular complexity index is 892. The number of benzene rings is 2. The second kappa shape index (κ2) is 8.69. The van der Waals surface area contributed by atoms with E-state index in [0.29, 0.717) is 23.2 Å². The zero-order valence-corrected chi connectivity index (χ0v) is 16.9. The van der Waals surface area contributed by atoms with Crippen LogP contribution >= 0.6 is 12.4 Å². The van der Waals surface area contributed by atoms with Gasteiger partial charge in [-0.1, -0.05) is 12.1 Å². The molecule has 1 heterocycles. The summed E-state index contributed by atoms with van der Waals surface area (Å²) >= 11 is 0. The summed E-state index contributed by atoms with van der Waals surface area (Å²) in [4.78, 5) is 2.29. The van der Waals surface area contributed by atoms with Gasteiger partial charge in [-0.05, 0) is 37.3 Å². The fourth-order valence-corrected chi connectivity index (χ4v) is 4.18. The molecule has 27 heavy (non-hydrogen) atoms. The highest BCUT2D eigenvalue weighted by molar-refractivity contribution is 7.92. The van der Waals surface area contributed by atoms with E-state index in [1.807, 2.05) is 0 Å². The van der Waals surface area contributed by atoms with Crippen molar-refractivity contribution in [2.24, 2.45) is 0 Å². The van der Waals surface area contributed by atoms with Crippen molar-refractivity contribution >= 4 is 39.5 Å². The van der Waals surface area contributed by atoms with Crippen LogP contribution in [0.15, 0.2) is 47.4 Å². The van der Waals surface area contributed by atoms with E-state index >= 15 is 0 Å². The van der Waals surface area contributed by atoms with Gasteiger partial charge in [-0.2, -0.15) is 0 Å². The van der Waals surface area contributed by atoms with Gasteiger partial charge in [0.05, 0.1) is 29.1 Å². The molecule has 0 amide bonds. The van der Waals surface area contributed by atoms with Crippen LogP contribution in [0.4, 0.5) is 17.1 Å². The van der Waals surface area contributed by atoms with Crippen LogP contribution in [-0.2, 0) is 10.0 Å². The maximum atomic E-state index is 12.7. The predicted octanol–water partition coefficient (Wildman–Crippen LogP) is 2.30. The Morgan fingerprint density at radius 2 is 2.00 bits per heavy atom. The summed E-state index contributed by atoms with van der Waals surface area (Å²) < 4.78 is 33.2.